The molecule has 1 amide bonds. The largest absolute Gasteiger partial charge is 0.459 e. The topological polar surface area (TPSA) is 60.1 Å². The van der Waals surface area contributed by atoms with Crippen LogP contribution in [0.25, 0.3) is 0 Å². The lowest BCUT2D eigenvalue weighted by molar-refractivity contribution is 0.0898. The van der Waals surface area contributed by atoms with Crippen LogP contribution in [-0.4, -0.2) is 21.5 Å². The molecular weight excluding hydrogens is 242 g/mol. The minimum atomic E-state index is -0.132. The maximum absolute atomic E-state index is 12.1. The van der Waals surface area contributed by atoms with Crippen LogP contribution in [0.4, 0.5) is 0 Å². The van der Waals surface area contributed by atoms with Crippen LogP contribution in [0, 0.1) is 13.8 Å². The minimum Gasteiger partial charge on any atom is -0.459 e. The number of carbonyl (C=O) groups excluding carboxylic acids is 1. The molecule has 1 aliphatic rings. The molecule has 0 saturated heterocycles. The molecule has 2 aromatic rings. The summed E-state index contributed by atoms with van der Waals surface area (Å²) in [5.41, 5.74) is 1.90. The normalized spacial score (nSPS) is 18.1. The number of carbonyl (C=O) groups is 1. The third kappa shape index (κ3) is 2.28. The van der Waals surface area contributed by atoms with Gasteiger partial charge in [-0.25, -0.2) is 4.98 Å². The number of rotatable bonds is 2. The molecule has 100 valence electrons. The summed E-state index contributed by atoms with van der Waals surface area (Å²) in [6.07, 6.45) is 5.39. The Labute approximate surface area is 111 Å². The molecule has 1 N–H and O–H groups in total. The van der Waals surface area contributed by atoms with Gasteiger partial charge in [-0.15, -0.1) is 0 Å². The van der Waals surface area contributed by atoms with Crippen molar-refractivity contribution in [2.75, 3.05) is 0 Å². The summed E-state index contributed by atoms with van der Waals surface area (Å²) >= 11 is 0. The first-order valence-electron chi connectivity index (χ1n) is 6.51. The summed E-state index contributed by atoms with van der Waals surface area (Å²) in [7, 11) is 0. The molecule has 0 aliphatic carbocycles. The molecule has 3 heterocycles. The Morgan fingerprint density at radius 3 is 3.11 bits per heavy atom. The quantitative estimate of drug-likeness (QED) is 0.895. The Bertz CT molecular complexity index is 612. The molecule has 0 radical (unpaired) electrons. The zero-order valence-corrected chi connectivity index (χ0v) is 11.1. The molecule has 3 rings (SSSR count). The Balaban J connectivity index is 1.69. The average Bonchev–Trinajstić information content (AvgIpc) is 2.93. The number of hydrogen-bond donors (Lipinski definition) is 1. The second kappa shape index (κ2) is 4.57. The number of aromatic nitrogens is 2. The first-order chi connectivity index (χ1) is 9.13. The van der Waals surface area contributed by atoms with Gasteiger partial charge in [-0.05, 0) is 26.3 Å². The Morgan fingerprint density at radius 2 is 2.37 bits per heavy atom. The summed E-state index contributed by atoms with van der Waals surface area (Å²) in [5, 5.41) is 3.03. The van der Waals surface area contributed by atoms with Crippen LogP contribution in [0.3, 0.4) is 0 Å². The van der Waals surface area contributed by atoms with Crippen LogP contribution in [0.1, 0.15) is 34.1 Å². The van der Waals surface area contributed by atoms with Crippen molar-refractivity contribution in [1.82, 2.24) is 14.9 Å². The molecule has 5 heteroatoms. The fourth-order valence-corrected chi connectivity index (χ4v) is 2.56. The fourth-order valence-electron chi connectivity index (χ4n) is 2.56. The maximum atomic E-state index is 12.1. The molecule has 0 saturated carbocycles. The van der Waals surface area contributed by atoms with E-state index in [0.29, 0.717) is 5.76 Å². The predicted molar refractivity (Wildman–Crippen MR) is 70.0 cm³/mol. The third-order valence-corrected chi connectivity index (χ3v) is 3.52. The Kier molecular flexibility index (Phi) is 2.89. The standard InChI is InChI=1S/C14H17N3O2/c1-9-5-6-19-13(9)14(18)16-11-3-4-12-15-10(2)7-17(12)8-11/h5-7,11H,3-4,8H2,1-2H3,(H,16,18)/t11-/m0/s1. The maximum Gasteiger partial charge on any atom is 0.287 e. The highest BCUT2D eigenvalue weighted by atomic mass is 16.3. The van der Waals surface area contributed by atoms with Crippen molar-refractivity contribution in [2.45, 2.75) is 39.3 Å². The minimum absolute atomic E-state index is 0.132. The van der Waals surface area contributed by atoms with Gasteiger partial charge < -0.3 is 14.3 Å². The summed E-state index contributed by atoms with van der Waals surface area (Å²) < 4.78 is 7.33. The highest BCUT2D eigenvalue weighted by Gasteiger charge is 2.23. The van der Waals surface area contributed by atoms with Crippen LogP contribution in [0.5, 0.6) is 0 Å². The van der Waals surface area contributed by atoms with Gasteiger partial charge in [0, 0.05) is 30.8 Å². The van der Waals surface area contributed by atoms with Gasteiger partial charge in [0.15, 0.2) is 5.76 Å². The van der Waals surface area contributed by atoms with Crippen LogP contribution >= 0.6 is 0 Å². The van der Waals surface area contributed by atoms with E-state index in [9.17, 15) is 4.79 Å². The van der Waals surface area contributed by atoms with E-state index < -0.39 is 0 Å². The van der Waals surface area contributed by atoms with Crippen LogP contribution < -0.4 is 5.32 Å². The van der Waals surface area contributed by atoms with Gasteiger partial charge in [-0.3, -0.25) is 4.79 Å². The molecule has 2 aromatic heterocycles. The van der Waals surface area contributed by atoms with Crippen LogP contribution in [0.2, 0.25) is 0 Å². The van der Waals surface area contributed by atoms with E-state index in [0.717, 1.165) is 36.5 Å². The van der Waals surface area contributed by atoms with Gasteiger partial charge in [0.25, 0.3) is 5.91 Å². The number of hydrogen-bond acceptors (Lipinski definition) is 3. The Hall–Kier alpha value is -2.04. The first kappa shape index (κ1) is 12.0. The lowest BCUT2D eigenvalue weighted by Crippen LogP contribution is -2.40. The summed E-state index contributed by atoms with van der Waals surface area (Å²) in [6, 6.07) is 1.94. The molecule has 1 aliphatic heterocycles. The van der Waals surface area contributed by atoms with Gasteiger partial charge in [-0.1, -0.05) is 0 Å². The fraction of sp³-hybridized carbons (Fsp3) is 0.429. The molecule has 1 atom stereocenters. The number of imidazole rings is 1. The number of nitrogens with zero attached hydrogens (tertiary/aromatic N) is 2. The van der Waals surface area contributed by atoms with Crippen molar-refractivity contribution in [3.8, 4) is 0 Å². The van der Waals surface area contributed by atoms with Gasteiger partial charge in [0.2, 0.25) is 0 Å². The van der Waals surface area contributed by atoms with Gasteiger partial charge in [0.1, 0.15) is 5.82 Å². The molecule has 0 aromatic carbocycles. The van der Waals surface area contributed by atoms with Crippen molar-refractivity contribution in [1.29, 1.82) is 0 Å². The molecule has 0 bridgehead atoms. The number of furan rings is 1. The molecule has 19 heavy (non-hydrogen) atoms. The summed E-state index contributed by atoms with van der Waals surface area (Å²) in [6.45, 7) is 4.64. The lowest BCUT2D eigenvalue weighted by atomic mass is 10.1. The predicted octanol–water partition coefficient (Wildman–Crippen LogP) is 1.84. The van der Waals surface area contributed by atoms with Gasteiger partial charge in [0.05, 0.1) is 12.0 Å². The van der Waals surface area contributed by atoms with E-state index in [-0.39, 0.29) is 11.9 Å². The highest BCUT2D eigenvalue weighted by Crippen LogP contribution is 2.16. The number of fused-ring (bicyclic) bond motifs is 1. The van der Waals surface area contributed by atoms with Crippen molar-refractivity contribution in [3.63, 3.8) is 0 Å². The van der Waals surface area contributed by atoms with Gasteiger partial charge in [-0.2, -0.15) is 0 Å². The second-order valence-electron chi connectivity index (χ2n) is 5.09. The summed E-state index contributed by atoms with van der Waals surface area (Å²) in [4.78, 5) is 16.5. The molecular formula is C14H17N3O2. The highest BCUT2D eigenvalue weighted by molar-refractivity contribution is 5.92. The average molecular weight is 259 g/mol. The lowest BCUT2D eigenvalue weighted by Gasteiger charge is -2.24. The van der Waals surface area contributed by atoms with E-state index in [4.69, 9.17) is 4.42 Å². The molecule has 0 fully saturated rings. The summed E-state index contributed by atoms with van der Waals surface area (Å²) in [5.74, 6) is 1.39. The van der Waals surface area contributed by atoms with E-state index >= 15 is 0 Å². The van der Waals surface area contributed by atoms with Crippen molar-refractivity contribution in [2.24, 2.45) is 0 Å². The molecule has 5 nitrogen and oxygen atoms in total. The van der Waals surface area contributed by atoms with E-state index in [1.165, 1.54) is 0 Å². The van der Waals surface area contributed by atoms with Crippen LogP contribution in [0.15, 0.2) is 22.9 Å². The van der Waals surface area contributed by atoms with E-state index in [1.807, 2.05) is 20.0 Å². The Morgan fingerprint density at radius 1 is 1.53 bits per heavy atom. The number of aryl methyl sites for hydroxylation is 3. The number of amides is 1. The first-order valence-corrected chi connectivity index (χ1v) is 6.51. The zero-order valence-electron chi connectivity index (χ0n) is 11.1. The number of nitrogens with one attached hydrogen (secondary N) is 1. The van der Waals surface area contributed by atoms with Crippen molar-refractivity contribution >= 4 is 5.91 Å². The molecule has 0 unspecified atom stereocenters. The van der Waals surface area contributed by atoms with Crippen molar-refractivity contribution < 1.29 is 9.21 Å². The molecule has 0 spiro atoms. The smallest absolute Gasteiger partial charge is 0.287 e. The van der Waals surface area contributed by atoms with Gasteiger partial charge >= 0.3 is 0 Å². The van der Waals surface area contributed by atoms with Crippen molar-refractivity contribution in [3.05, 3.63) is 41.4 Å². The SMILES string of the molecule is Cc1cn2c(n1)CC[C@H](NC(=O)c1occc1C)C2. The van der Waals surface area contributed by atoms with E-state index in [2.05, 4.69) is 14.9 Å². The van der Waals surface area contributed by atoms with Crippen LogP contribution in [-0.2, 0) is 13.0 Å². The second-order valence-corrected chi connectivity index (χ2v) is 5.09. The van der Waals surface area contributed by atoms with E-state index in [1.54, 1.807) is 12.3 Å². The monoisotopic (exact) mass is 259 g/mol. The third-order valence-electron chi connectivity index (χ3n) is 3.52. The zero-order chi connectivity index (χ0) is 13.4.